The van der Waals surface area contributed by atoms with E-state index in [9.17, 15) is 4.79 Å². The van der Waals surface area contributed by atoms with Crippen LogP contribution in [0.1, 0.15) is 24.1 Å². The summed E-state index contributed by atoms with van der Waals surface area (Å²) in [5, 5.41) is 2.80. The second kappa shape index (κ2) is 3.98. The molecule has 0 fully saturated rings. The van der Waals surface area contributed by atoms with Crippen molar-refractivity contribution in [2.24, 2.45) is 5.73 Å². The lowest BCUT2D eigenvalue weighted by Crippen LogP contribution is -2.19. The molecule has 1 amide bonds. The van der Waals surface area contributed by atoms with Crippen LogP contribution in [0.25, 0.3) is 0 Å². The zero-order valence-corrected chi connectivity index (χ0v) is 8.73. The number of amides is 1. The predicted molar refractivity (Wildman–Crippen MR) is 58.6 cm³/mol. The number of nitrogens with two attached hydrogens (primary N) is 1. The number of benzene rings is 1. The number of carbonyl (C=O) groups is 1. The maximum atomic E-state index is 11.3. The Bertz CT molecular complexity index is 365. The van der Waals surface area contributed by atoms with E-state index in [4.69, 9.17) is 5.73 Å². The Balaban J connectivity index is 0.000000980. The Hall–Kier alpha value is -1.06. The largest absolute Gasteiger partial charge is 0.324 e. The van der Waals surface area contributed by atoms with Crippen LogP contribution in [0.3, 0.4) is 0 Å². The van der Waals surface area contributed by atoms with Crippen LogP contribution in [0.5, 0.6) is 0 Å². The van der Waals surface area contributed by atoms with E-state index in [1.54, 1.807) is 0 Å². The summed E-state index contributed by atoms with van der Waals surface area (Å²) in [5.74, 6) is -0.101. The summed E-state index contributed by atoms with van der Waals surface area (Å²) in [6.07, 6.45) is 0.913. The Morgan fingerprint density at radius 1 is 1.50 bits per heavy atom. The van der Waals surface area contributed by atoms with Gasteiger partial charge in [-0.1, -0.05) is 25.1 Å². The highest BCUT2D eigenvalue weighted by molar-refractivity contribution is 6.03. The fourth-order valence-electron chi connectivity index (χ4n) is 1.67. The Morgan fingerprint density at radius 3 is 2.86 bits per heavy atom. The minimum absolute atomic E-state index is 0. The van der Waals surface area contributed by atoms with Gasteiger partial charge in [-0.2, -0.15) is 0 Å². The molecule has 1 aliphatic heterocycles. The third-order valence-corrected chi connectivity index (χ3v) is 2.43. The summed E-state index contributed by atoms with van der Waals surface area (Å²) in [6, 6.07) is 5.37. The van der Waals surface area contributed by atoms with Gasteiger partial charge in [0.25, 0.3) is 0 Å². The zero-order chi connectivity index (χ0) is 9.42. The van der Waals surface area contributed by atoms with E-state index in [-0.39, 0.29) is 18.3 Å². The highest BCUT2D eigenvalue weighted by atomic mass is 35.5. The molecule has 0 radical (unpaired) electrons. The molecule has 0 aromatic heterocycles. The molecule has 3 N–H and O–H groups in total. The molecule has 0 saturated carbocycles. The number of hydrogen-bond acceptors (Lipinski definition) is 2. The van der Waals surface area contributed by atoms with Gasteiger partial charge >= 0.3 is 0 Å². The molecule has 0 bridgehead atoms. The molecule has 0 aliphatic carbocycles. The van der Waals surface area contributed by atoms with Crippen LogP contribution in [0.2, 0.25) is 0 Å². The summed E-state index contributed by atoms with van der Waals surface area (Å²) >= 11 is 0. The highest BCUT2D eigenvalue weighted by Crippen LogP contribution is 2.32. The van der Waals surface area contributed by atoms with Gasteiger partial charge in [0.1, 0.15) is 6.04 Å². The summed E-state index contributed by atoms with van der Waals surface area (Å²) in [5.41, 5.74) is 8.69. The third-order valence-electron chi connectivity index (χ3n) is 2.43. The van der Waals surface area contributed by atoms with E-state index in [0.717, 1.165) is 23.2 Å². The molecular weight excluding hydrogens is 200 g/mol. The molecule has 2 rings (SSSR count). The summed E-state index contributed by atoms with van der Waals surface area (Å²) in [7, 11) is 0. The van der Waals surface area contributed by atoms with Crippen LogP contribution < -0.4 is 11.1 Å². The molecular formula is C10H13ClN2O. The van der Waals surface area contributed by atoms with Crippen molar-refractivity contribution in [3.8, 4) is 0 Å². The molecule has 4 heteroatoms. The van der Waals surface area contributed by atoms with Crippen molar-refractivity contribution >= 4 is 24.0 Å². The molecule has 0 spiro atoms. The van der Waals surface area contributed by atoms with Crippen molar-refractivity contribution in [2.45, 2.75) is 19.4 Å². The quantitative estimate of drug-likeness (QED) is 0.744. The average Bonchev–Trinajstić information content (AvgIpc) is 2.43. The number of halogens is 1. The van der Waals surface area contributed by atoms with Crippen molar-refractivity contribution < 1.29 is 4.79 Å². The molecule has 76 valence electrons. The smallest absolute Gasteiger partial charge is 0.245 e. The second-order valence-corrected chi connectivity index (χ2v) is 3.20. The first kappa shape index (κ1) is 11.0. The number of aryl methyl sites for hydroxylation is 1. The van der Waals surface area contributed by atoms with Crippen LogP contribution in [-0.2, 0) is 11.2 Å². The van der Waals surface area contributed by atoms with Gasteiger partial charge < -0.3 is 11.1 Å². The van der Waals surface area contributed by atoms with Gasteiger partial charge in [0.05, 0.1) is 0 Å². The van der Waals surface area contributed by atoms with Crippen LogP contribution in [0.15, 0.2) is 18.2 Å². The van der Waals surface area contributed by atoms with E-state index in [0.29, 0.717) is 0 Å². The van der Waals surface area contributed by atoms with E-state index < -0.39 is 6.04 Å². The maximum absolute atomic E-state index is 11.3. The van der Waals surface area contributed by atoms with E-state index in [1.807, 2.05) is 18.2 Å². The Morgan fingerprint density at radius 2 is 2.21 bits per heavy atom. The van der Waals surface area contributed by atoms with Crippen molar-refractivity contribution in [2.75, 3.05) is 5.32 Å². The fourth-order valence-corrected chi connectivity index (χ4v) is 1.67. The molecule has 1 aromatic rings. The lowest BCUT2D eigenvalue weighted by atomic mass is 10.0. The average molecular weight is 213 g/mol. The summed E-state index contributed by atoms with van der Waals surface area (Å²) in [6.45, 7) is 2.06. The topological polar surface area (TPSA) is 55.1 Å². The van der Waals surface area contributed by atoms with Crippen LogP contribution in [0.4, 0.5) is 5.69 Å². The lowest BCUT2D eigenvalue weighted by Gasteiger charge is -2.04. The number of hydrogen-bond donors (Lipinski definition) is 2. The van der Waals surface area contributed by atoms with Gasteiger partial charge in [0, 0.05) is 11.3 Å². The molecule has 3 nitrogen and oxygen atoms in total. The number of carbonyl (C=O) groups excluding carboxylic acids is 1. The monoisotopic (exact) mass is 212 g/mol. The van der Waals surface area contributed by atoms with E-state index in [2.05, 4.69) is 12.2 Å². The Kier molecular flexibility index (Phi) is 3.13. The van der Waals surface area contributed by atoms with Crippen LogP contribution in [0, 0.1) is 0 Å². The van der Waals surface area contributed by atoms with E-state index >= 15 is 0 Å². The Labute approximate surface area is 89.1 Å². The minimum atomic E-state index is -0.485. The molecule has 1 heterocycles. The number of fused-ring (bicyclic) bond motifs is 1. The first-order chi connectivity index (χ1) is 6.24. The number of rotatable bonds is 1. The standard InChI is InChI=1S/C10H12N2O.ClH/c1-2-6-4-3-5-7-8(11)10(13)12-9(6)7;/h3-5,8H,2,11H2,1H3,(H,12,13);1H. The zero-order valence-electron chi connectivity index (χ0n) is 7.91. The second-order valence-electron chi connectivity index (χ2n) is 3.20. The normalized spacial score (nSPS) is 18.4. The van der Waals surface area contributed by atoms with Gasteiger partial charge in [-0.05, 0) is 12.0 Å². The molecule has 1 aromatic carbocycles. The molecule has 1 aliphatic rings. The van der Waals surface area contributed by atoms with E-state index in [1.165, 1.54) is 0 Å². The number of para-hydroxylation sites is 1. The van der Waals surface area contributed by atoms with Crippen LogP contribution >= 0.6 is 12.4 Å². The highest BCUT2D eigenvalue weighted by Gasteiger charge is 2.27. The SMILES string of the molecule is CCc1cccc2c1NC(=O)C2N.Cl. The fraction of sp³-hybridized carbons (Fsp3) is 0.300. The number of anilines is 1. The first-order valence-electron chi connectivity index (χ1n) is 4.42. The van der Waals surface area contributed by atoms with Gasteiger partial charge in [-0.3, -0.25) is 4.79 Å². The third kappa shape index (κ3) is 1.49. The molecule has 1 atom stereocenters. The molecule has 14 heavy (non-hydrogen) atoms. The summed E-state index contributed by atoms with van der Waals surface area (Å²) in [4.78, 5) is 11.3. The minimum Gasteiger partial charge on any atom is -0.324 e. The van der Waals surface area contributed by atoms with Gasteiger partial charge in [0.15, 0.2) is 0 Å². The molecule has 0 saturated heterocycles. The van der Waals surface area contributed by atoms with Crippen molar-refractivity contribution in [3.63, 3.8) is 0 Å². The maximum Gasteiger partial charge on any atom is 0.245 e. The van der Waals surface area contributed by atoms with Crippen molar-refractivity contribution in [1.82, 2.24) is 0 Å². The lowest BCUT2D eigenvalue weighted by molar-refractivity contribution is -0.116. The number of nitrogens with one attached hydrogen (secondary N) is 1. The van der Waals surface area contributed by atoms with Crippen molar-refractivity contribution in [3.05, 3.63) is 29.3 Å². The summed E-state index contributed by atoms with van der Waals surface area (Å²) < 4.78 is 0. The van der Waals surface area contributed by atoms with Gasteiger partial charge in [-0.15, -0.1) is 12.4 Å². The van der Waals surface area contributed by atoms with Gasteiger partial charge in [-0.25, -0.2) is 0 Å². The predicted octanol–water partition coefficient (Wildman–Crippen LogP) is 1.62. The first-order valence-corrected chi connectivity index (χ1v) is 4.42. The van der Waals surface area contributed by atoms with Crippen molar-refractivity contribution in [1.29, 1.82) is 0 Å². The van der Waals surface area contributed by atoms with Crippen LogP contribution in [-0.4, -0.2) is 5.91 Å². The molecule has 1 unspecified atom stereocenters. The van der Waals surface area contributed by atoms with Gasteiger partial charge in [0.2, 0.25) is 5.91 Å².